The Morgan fingerprint density at radius 1 is 1.53 bits per heavy atom. The lowest BCUT2D eigenvalue weighted by Gasteiger charge is -2.13. The van der Waals surface area contributed by atoms with Crippen LogP contribution in [-0.4, -0.2) is 29.7 Å². The lowest BCUT2D eigenvalue weighted by Crippen LogP contribution is -2.22. The molecule has 0 radical (unpaired) electrons. The lowest BCUT2D eigenvalue weighted by molar-refractivity contribution is 0.226. The largest absolute Gasteiger partial charge is 0.476 e. The fourth-order valence-electron chi connectivity index (χ4n) is 2.98. The molecule has 3 aliphatic rings. The smallest absolute Gasteiger partial charge is 0.235 e. The lowest BCUT2D eigenvalue weighted by atomic mass is 10.1. The molecule has 3 fully saturated rings. The number of nitrogens with zero attached hydrogens (tertiary/aromatic N) is 3. The summed E-state index contributed by atoms with van der Waals surface area (Å²) >= 11 is 0. The summed E-state index contributed by atoms with van der Waals surface area (Å²) in [6.45, 7) is 2.80. The quantitative estimate of drug-likeness (QED) is 0.877. The highest BCUT2D eigenvalue weighted by atomic mass is 16.5. The van der Waals surface area contributed by atoms with E-state index in [0.29, 0.717) is 29.4 Å². The van der Waals surface area contributed by atoms with Gasteiger partial charge in [0.25, 0.3) is 0 Å². The minimum absolute atomic E-state index is 0.303. The SMILES string of the molecule is N#Cc1cnc(C2CC2)nc1OCC12CNC[C@H]1C2. The van der Waals surface area contributed by atoms with Gasteiger partial charge in [-0.2, -0.15) is 10.2 Å². The van der Waals surface area contributed by atoms with Gasteiger partial charge in [-0.15, -0.1) is 0 Å². The van der Waals surface area contributed by atoms with E-state index in [2.05, 4.69) is 21.4 Å². The van der Waals surface area contributed by atoms with E-state index in [-0.39, 0.29) is 0 Å². The minimum Gasteiger partial charge on any atom is -0.476 e. The zero-order valence-corrected chi connectivity index (χ0v) is 10.7. The van der Waals surface area contributed by atoms with Crippen LogP contribution in [0.5, 0.6) is 5.88 Å². The number of fused-ring (bicyclic) bond motifs is 1. The average Bonchev–Trinajstić information content (AvgIpc) is 3.36. The number of nitrogens with one attached hydrogen (secondary N) is 1. The van der Waals surface area contributed by atoms with E-state index in [0.717, 1.165) is 37.7 Å². The summed E-state index contributed by atoms with van der Waals surface area (Å²) in [5.74, 6) is 2.55. The minimum atomic E-state index is 0.303. The Morgan fingerprint density at radius 3 is 3.05 bits per heavy atom. The van der Waals surface area contributed by atoms with Crippen molar-refractivity contribution in [3.8, 4) is 11.9 Å². The Labute approximate surface area is 112 Å². The van der Waals surface area contributed by atoms with Crippen LogP contribution < -0.4 is 10.1 Å². The molecule has 1 N–H and O–H groups in total. The summed E-state index contributed by atoms with van der Waals surface area (Å²) in [5, 5.41) is 12.5. The fourth-order valence-corrected chi connectivity index (χ4v) is 2.98. The molecule has 5 heteroatoms. The maximum atomic E-state index is 9.11. The van der Waals surface area contributed by atoms with Gasteiger partial charge in [0.1, 0.15) is 17.5 Å². The van der Waals surface area contributed by atoms with E-state index >= 15 is 0 Å². The fraction of sp³-hybridized carbons (Fsp3) is 0.643. The standard InChI is InChI=1S/C14H16N4O/c15-4-10-5-17-12(9-1-2-9)18-13(10)19-8-14-3-11(14)6-16-7-14/h5,9,11,16H,1-3,6-8H2/t11-,14?/m1/s1. The van der Waals surface area contributed by atoms with Gasteiger partial charge in [-0.05, 0) is 31.7 Å². The molecule has 2 aliphatic carbocycles. The first-order chi connectivity index (χ1) is 9.31. The summed E-state index contributed by atoms with van der Waals surface area (Å²) in [6.07, 6.45) is 5.15. The monoisotopic (exact) mass is 256 g/mol. The maximum absolute atomic E-state index is 9.11. The Bertz CT molecular complexity index is 563. The number of aromatic nitrogens is 2. The highest BCUT2D eigenvalue weighted by Gasteiger charge is 2.57. The number of hydrogen-bond donors (Lipinski definition) is 1. The van der Waals surface area contributed by atoms with Crippen LogP contribution in [0.2, 0.25) is 0 Å². The van der Waals surface area contributed by atoms with Gasteiger partial charge in [0.2, 0.25) is 5.88 Å². The predicted octanol–water partition coefficient (Wildman–Crippen LogP) is 1.21. The molecule has 98 valence electrons. The summed E-state index contributed by atoms with van der Waals surface area (Å²) < 4.78 is 5.86. The molecule has 0 bridgehead atoms. The van der Waals surface area contributed by atoms with Crippen molar-refractivity contribution in [2.24, 2.45) is 11.3 Å². The van der Waals surface area contributed by atoms with Crippen LogP contribution in [0, 0.1) is 22.7 Å². The molecule has 1 unspecified atom stereocenters. The van der Waals surface area contributed by atoms with E-state index in [1.807, 2.05) is 0 Å². The molecule has 2 saturated carbocycles. The highest BCUT2D eigenvalue weighted by molar-refractivity contribution is 5.36. The molecule has 0 spiro atoms. The molecule has 2 atom stereocenters. The van der Waals surface area contributed by atoms with E-state index in [4.69, 9.17) is 10.00 Å². The van der Waals surface area contributed by atoms with Crippen molar-refractivity contribution < 1.29 is 4.74 Å². The third-order valence-corrected chi connectivity index (χ3v) is 4.56. The van der Waals surface area contributed by atoms with Crippen molar-refractivity contribution in [2.75, 3.05) is 19.7 Å². The highest BCUT2D eigenvalue weighted by Crippen LogP contribution is 2.54. The van der Waals surface area contributed by atoms with Crippen molar-refractivity contribution in [1.29, 1.82) is 5.26 Å². The molecule has 5 nitrogen and oxygen atoms in total. The van der Waals surface area contributed by atoms with Gasteiger partial charge in [0.05, 0.1) is 12.8 Å². The van der Waals surface area contributed by atoms with Crippen LogP contribution in [0.4, 0.5) is 0 Å². The van der Waals surface area contributed by atoms with Crippen molar-refractivity contribution in [3.63, 3.8) is 0 Å². The average molecular weight is 256 g/mol. The molecule has 19 heavy (non-hydrogen) atoms. The summed E-state index contributed by atoms with van der Waals surface area (Å²) in [4.78, 5) is 8.69. The number of ether oxygens (including phenoxy) is 1. The Kier molecular flexibility index (Phi) is 2.30. The molecular weight excluding hydrogens is 240 g/mol. The number of hydrogen-bond acceptors (Lipinski definition) is 5. The van der Waals surface area contributed by atoms with Crippen molar-refractivity contribution in [2.45, 2.75) is 25.2 Å². The normalized spacial score (nSPS) is 31.6. The molecule has 1 aliphatic heterocycles. The predicted molar refractivity (Wildman–Crippen MR) is 67.6 cm³/mol. The van der Waals surface area contributed by atoms with Crippen molar-refractivity contribution in [3.05, 3.63) is 17.6 Å². The zero-order chi connectivity index (χ0) is 12.9. The Morgan fingerprint density at radius 2 is 2.42 bits per heavy atom. The number of nitriles is 1. The van der Waals surface area contributed by atoms with Crippen LogP contribution in [0.1, 0.15) is 36.6 Å². The van der Waals surface area contributed by atoms with Gasteiger partial charge >= 0.3 is 0 Å². The van der Waals surface area contributed by atoms with Gasteiger partial charge in [-0.1, -0.05) is 0 Å². The summed E-state index contributed by atoms with van der Waals surface area (Å²) in [7, 11) is 0. The number of rotatable bonds is 4. The van der Waals surface area contributed by atoms with Gasteiger partial charge in [0.15, 0.2) is 0 Å². The molecule has 1 aromatic heterocycles. The second-order valence-electron chi connectivity index (χ2n) is 6.02. The van der Waals surface area contributed by atoms with Gasteiger partial charge < -0.3 is 10.1 Å². The topological polar surface area (TPSA) is 70.8 Å². The molecule has 0 amide bonds. The third kappa shape index (κ3) is 1.87. The van der Waals surface area contributed by atoms with Gasteiger partial charge in [0, 0.05) is 17.9 Å². The summed E-state index contributed by atoms with van der Waals surface area (Å²) in [6, 6.07) is 2.12. The van der Waals surface area contributed by atoms with Crippen molar-refractivity contribution in [1.82, 2.24) is 15.3 Å². The molecule has 2 heterocycles. The van der Waals surface area contributed by atoms with Gasteiger partial charge in [-0.25, -0.2) is 4.98 Å². The van der Waals surface area contributed by atoms with E-state index in [1.54, 1.807) is 6.20 Å². The second kappa shape index (κ2) is 3.91. The molecular formula is C14H16N4O. The molecule has 1 aromatic rings. The Balaban J connectivity index is 1.52. The molecule has 1 saturated heterocycles. The van der Waals surface area contributed by atoms with Crippen LogP contribution in [0.3, 0.4) is 0 Å². The van der Waals surface area contributed by atoms with E-state index < -0.39 is 0 Å². The first-order valence-corrected chi connectivity index (χ1v) is 6.91. The second-order valence-corrected chi connectivity index (χ2v) is 6.02. The third-order valence-electron chi connectivity index (χ3n) is 4.56. The van der Waals surface area contributed by atoms with Crippen LogP contribution in [0.15, 0.2) is 6.20 Å². The van der Waals surface area contributed by atoms with E-state index in [9.17, 15) is 0 Å². The molecule has 4 rings (SSSR count). The first-order valence-electron chi connectivity index (χ1n) is 6.91. The van der Waals surface area contributed by atoms with Crippen LogP contribution in [0.25, 0.3) is 0 Å². The Hall–Kier alpha value is -1.67. The summed E-state index contributed by atoms with van der Waals surface area (Å²) in [5.41, 5.74) is 0.751. The number of piperidine rings is 1. The first kappa shape index (κ1) is 11.2. The van der Waals surface area contributed by atoms with E-state index in [1.165, 1.54) is 6.42 Å². The van der Waals surface area contributed by atoms with Gasteiger partial charge in [-0.3, -0.25) is 0 Å². The van der Waals surface area contributed by atoms with Crippen LogP contribution in [-0.2, 0) is 0 Å². The maximum Gasteiger partial charge on any atom is 0.235 e. The van der Waals surface area contributed by atoms with Crippen molar-refractivity contribution >= 4 is 0 Å². The zero-order valence-electron chi connectivity index (χ0n) is 10.7. The van der Waals surface area contributed by atoms with Crippen LogP contribution >= 0.6 is 0 Å². The molecule has 0 aromatic carbocycles.